The standard InChI is InChI=1S/C22H19N3O4/c1-27-17-8-7-14(11-19(17)28-2)18-12-20(25-29-18)22(9-10-22)21(26)24-16-6-4-3-5-15(16)13-23/h3-8,11-12H,9-10H2,1-2H3,(H,24,26). The zero-order chi connectivity index (χ0) is 20.4. The summed E-state index contributed by atoms with van der Waals surface area (Å²) in [6, 6.07) is 16.2. The third kappa shape index (κ3) is 3.29. The topological polar surface area (TPSA) is 97.4 Å². The van der Waals surface area contributed by atoms with Gasteiger partial charge in [0, 0.05) is 11.6 Å². The second-order valence-corrected chi connectivity index (χ2v) is 6.84. The molecule has 1 aliphatic carbocycles. The van der Waals surface area contributed by atoms with Crippen LogP contribution < -0.4 is 14.8 Å². The van der Waals surface area contributed by atoms with Crippen LogP contribution in [0.1, 0.15) is 24.1 Å². The number of carbonyl (C=O) groups excluding carboxylic acids is 1. The number of benzene rings is 2. The Balaban J connectivity index is 1.59. The number of ether oxygens (including phenoxy) is 2. The molecule has 146 valence electrons. The molecule has 1 heterocycles. The summed E-state index contributed by atoms with van der Waals surface area (Å²) in [5, 5.41) is 16.3. The Hall–Kier alpha value is -3.79. The summed E-state index contributed by atoms with van der Waals surface area (Å²) in [7, 11) is 3.14. The van der Waals surface area contributed by atoms with E-state index in [4.69, 9.17) is 14.0 Å². The van der Waals surface area contributed by atoms with Crippen LogP contribution in [0.3, 0.4) is 0 Å². The number of aromatic nitrogens is 1. The highest BCUT2D eigenvalue weighted by atomic mass is 16.5. The Kier molecular flexibility index (Phi) is 4.69. The number of carbonyl (C=O) groups is 1. The van der Waals surface area contributed by atoms with Gasteiger partial charge in [-0.25, -0.2) is 0 Å². The molecule has 0 radical (unpaired) electrons. The highest BCUT2D eigenvalue weighted by molar-refractivity contribution is 6.02. The van der Waals surface area contributed by atoms with Crippen LogP contribution >= 0.6 is 0 Å². The van der Waals surface area contributed by atoms with Gasteiger partial charge in [0.2, 0.25) is 5.91 Å². The number of rotatable bonds is 6. The minimum absolute atomic E-state index is 0.188. The number of nitrogens with zero attached hydrogens (tertiary/aromatic N) is 2. The first-order chi connectivity index (χ1) is 14.1. The van der Waals surface area contributed by atoms with Crippen LogP contribution in [0.4, 0.5) is 5.69 Å². The van der Waals surface area contributed by atoms with E-state index in [2.05, 4.69) is 16.5 Å². The lowest BCUT2D eigenvalue weighted by molar-refractivity contribution is -0.118. The average Bonchev–Trinajstić information content (AvgIpc) is 3.43. The maximum absolute atomic E-state index is 13.0. The molecule has 3 aromatic rings. The van der Waals surface area contributed by atoms with Crippen molar-refractivity contribution >= 4 is 11.6 Å². The first kappa shape index (κ1) is 18.6. The Morgan fingerprint density at radius 2 is 1.90 bits per heavy atom. The summed E-state index contributed by atoms with van der Waals surface area (Å²) in [5.41, 5.74) is 1.53. The number of nitriles is 1. The van der Waals surface area contributed by atoms with Crippen molar-refractivity contribution in [1.29, 1.82) is 5.26 Å². The molecule has 1 N–H and O–H groups in total. The number of methoxy groups -OCH3 is 2. The van der Waals surface area contributed by atoms with Crippen LogP contribution in [0, 0.1) is 11.3 Å². The molecule has 0 unspecified atom stereocenters. The Morgan fingerprint density at radius 1 is 1.14 bits per heavy atom. The number of anilines is 1. The van der Waals surface area contributed by atoms with Gasteiger partial charge in [-0.1, -0.05) is 17.3 Å². The maximum Gasteiger partial charge on any atom is 0.236 e. The van der Waals surface area contributed by atoms with Crippen molar-refractivity contribution in [1.82, 2.24) is 5.16 Å². The van der Waals surface area contributed by atoms with E-state index in [1.807, 2.05) is 6.07 Å². The Labute approximate surface area is 167 Å². The number of hydrogen-bond acceptors (Lipinski definition) is 6. The summed E-state index contributed by atoms with van der Waals surface area (Å²) in [6.45, 7) is 0. The van der Waals surface area contributed by atoms with Gasteiger partial charge in [0.15, 0.2) is 17.3 Å². The molecule has 0 saturated heterocycles. The van der Waals surface area contributed by atoms with Gasteiger partial charge >= 0.3 is 0 Å². The molecule has 1 aliphatic rings. The summed E-state index contributed by atoms with van der Waals surface area (Å²) in [4.78, 5) is 13.0. The van der Waals surface area contributed by atoms with Crippen molar-refractivity contribution < 1.29 is 18.8 Å². The zero-order valence-corrected chi connectivity index (χ0v) is 16.1. The number of para-hydroxylation sites is 1. The lowest BCUT2D eigenvalue weighted by atomic mass is 9.99. The van der Waals surface area contributed by atoms with E-state index in [0.29, 0.717) is 47.0 Å². The molecule has 1 aromatic heterocycles. The molecule has 1 fully saturated rings. The highest BCUT2D eigenvalue weighted by Crippen LogP contribution is 2.49. The molecule has 29 heavy (non-hydrogen) atoms. The number of nitrogens with one attached hydrogen (secondary N) is 1. The van der Waals surface area contributed by atoms with E-state index in [0.717, 1.165) is 5.56 Å². The maximum atomic E-state index is 13.0. The monoisotopic (exact) mass is 389 g/mol. The van der Waals surface area contributed by atoms with E-state index in [1.165, 1.54) is 0 Å². The summed E-state index contributed by atoms with van der Waals surface area (Å²) in [5.74, 6) is 1.55. The molecule has 0 atom stereocenters. The van der Waals surface area contributed by atoms with Crippen LogP contribution in [0.2, 0.25) is 0 Å². The predicted octanol–water partition coefficient (Wildman–Crippen LogP) is 3.90. The van der Waals surface area contributed by atoms with Crippen molar-refractivity contribution in [3.63, 3.8) is 0 Å². The van der Waals surface area contributed by atoms with Gasteiger partial charge < -0.3 is 19.3 Å². The van der Waals surface area contributed by atoms with Crippen molar-refractivity contribution in [2.75, 3.05) is 19.5 Å². The fourth-order valence-corrected chi connectivity index (χ4v) is 3.28. The van der Waals surface area contributed by atoms with E-state index in [1.54, 1.807) is 56.7 Å². The highest BCUT2D eigenvalue weighted by Gasteiger charge is 2.54. The lowest BCUT2D eigenvalue weighted by Crippen LogP contribution is -2.28. The van der Waals surface area contributed by atoms with E-state index in [-0.39, 0.29) is 5.91 Å². The molecule has 1 amide bonds. The van der Waals surface area contributed by atoms with Crippen molar-refractivity contribution in [2.45, 2.75) is 18.3 Å². The minimum Gasteiger partial charge on any atom is -0.493 e. The van der Waals surface area contributed by atoms with E-state index in [9.17, 15) is 10.1 Å². The molecule has 7 nitrogen and oxygen atoms in total. The van der Waals surface area contributed by atoms with Gasteiger partial charge in [-0.2, -0.15) is 5.26 Å². The van der Waals surface area contributed by atoms with Gasteiger partial charge in [0.1, 0.15) is 6.07 Å². The van der Waals surface area contributed by atoms with Gasteiger partial charge in [-0.3, -0.25) is 4.79 Å². The quantitative estimate of drug-likeness (QED) is 0.687. The SMILES string of the molecule is COc1ccc(-c2cc(C3(C(=O)Nc4ccccc4C#N)CC3)no2)cc1OC. The first-order valence-electron chi connectivity index (χ1n) is 9.11. The molecule has 4 rings (SSSR count). The van der Waals surface area contributed by atoms with Gasteiger partial charge in [-0.05, 0) is 43.2 Å². The Bertz CT molecular complexity index is 1110. The van der Waals surface area contributed by atoms with Crippen LogP contribution in [-0.2, 0) is 10.2 Å². The third-order valence-corrected chi connectivity index (χ3v) is 5.15. The summed E-state index contributed by atoms with van der Waals surface area (Å²) < 4.78 is 16.1. The normalized spacial score (nSPS) is 14.0. The van der Waals surface area contributed by atoms with Crippen molar-refractivity contribution in [3.8, 4) is 28.9 Å². The summed E-state index contributed by atoms with van der Waals surface area (Å²) >= 11 is 0. The minimum atomic E-state index is -0.735. The molecule has 2 aromatic carbocycles. The van der Waals surface area contributed by atoms with Crippen LogP contribution in [0.25, 0.3) is 11.3 Å². The molecule has 0 bridgehead atoms. The second-order valence-electron chi connectivity index (χ2n) is 6.84. The van der Waals surface area contributed by atoms with Crippen molar-refractivity contribution in [2.24, 2.45) is 0 Å². The first-order valence-corrected chi connectivity index (χ1v) is 9.11. The van der Waals surface area contributed by atoms with E-state index < -0.39 is 5.41 Å². The number of hydrogen-bond donors (Lipinski definition) is 1. The fourth-order valence-electron chi connectivity index (χ4n) is 3.28. The van der Waals surface area contributed by atoms with Gasteiger partial charge in [0.05, 0.1) is 36.6 Å². The molecule has 1 saturated carbocycles. The molecular formula is C22H19N3O4. The molecule has 0 aliphatic heterocycles. The predicted molar refractivity (Wildman–Crippen MR) is 106 cm³/mol. The van der Waals surface area contributed by atoms with Gasteiger partial charge in [0.25, 0.3) is 0 Å². The second kappa shape index (κ2) is 7.32. The summed E-state index contributed by atoms with van der Waals surface area (Å²) in [6.07, 6.45) is 1.34. The van der Waals surface area contributed by atoms with Crippen LogP contribution in [0.15, 0.2) is 53.1 Å². The van der Waals surface area contributed by atoms with Gasteiger partial charge in [-0.15, -0.1) is 0 Å². The fraction of sp³-hybridized carbons (Fsp3) is 0.227. The average molecular weight is 389 g/mol. The third-order valence-electron chi connectivity index (χ3n) is 5.15. The number of amides is 1. The zero-order valence-electron chi connectivity index (χ0n) is 16.1. The largest absolute Gasteiger partial charge is 0.493 e. The molecule has 0 spiro atoms. The molecule has 7 heteroatoms. The van der Waals surface area contributed by atoms with Crippen molar-refractivity contribution in [3.05, 3.63) is 59.8 Å². The molecular weight excluding hydrogens is 370 g/mol. The van der Waals surface area contributed by atoms with E-state index >= 15 is 0 Å². The van der Waals surface area contributed by atoms with Crippen LogP contribution in [0.5, 0.6) is 11.5 Å². The smallest absolute Gasteiger partial charge is 0.236 e. The lowest BCUT2D eigenvalue weighted by Gasteiger charge is -2.13. The Morgan fingerprint density at radius 3 is 2.59 bits per heavy atom. The van der Waals surface area contributed by atoms with Crippen LogP contribution in [-0.4, -0.2) is 25.3 Å².